The van der Waals surface area contributed by atoms with Gasteiger partial charge in [0.2, 0.25) is 0 Å². The molecule has 1 atom stereocenters. The molecular formula is C30H41NO4. The molecule has 0 spiro atoms. The van der Waals surface area contributed by atoms with Gasteiger partial charge in [0.25, 0.3) is 0 Å². The second-order valence-corrected chi connectivity index (χ2v) is 8.96. The Morgan fingerprint density at radius 2 is 1.63 bits per heavy atom. The Kier molecular flexibility index (Phi) is 13.4. The third-order valence-corrected chi connectivity index (χ3v) is 5.82. The van der Waals surface area contributed by atoms with Gasteiger partial charge in [-0.3, -0.25) is 14.6 Å². The standard InChI is InChI=1S/C30H41NO4/c1-4-6-7-8-9-10-11-12-13-14-30(33)35-27-21-22-28(31-23-27)26-19-17-25(18-20-26)16-15-24(3)34-29(32)5-2/h9-10,17-24H,4-8,11-16H2,1-3H3/b10-9+. The van der Waals surface area contributed by atoms with Gasteiger partial charge in [-0.25, -0.2) is 0 Å². The normalized spacial score (nSPS) is 12.0. The van der Waals surface area contributed by atoms with Gasteiger partial charge in [-0.15, -0.1) is 0 Å². The number of benzene rings is 1. The summed E-state index contributed by atoms with van der Waals surface area (Å²) in [5.74, 6) is 0.102. The molecule has 5 heteroatoms. The maximum atomic E-state index is 12.1. The second-order valence-electron chi connectivity index (χ2n) is 8.96. The maximum Gasteiger partial charge on any atom is 0.311 e. The van der Waals surface area contributed by atoms with Gasteiger partial charge in [-0.1, -0.05) is 63.1 Å². The molecule has 0 fully saturated rings. The largest absolute Gasteiger partial charge is 0.463 e. The average molecular weight is 480 g/mol. The summed E-state index contributed by atoms with van der Waals surface area (Å²) >= 11 is 0. The molecule has 1 unspecified atom stereocenters. The first-order chi connectivity index (χ1) is 17.0. The highest BCUT2D eigenvalue weighted by Crippen LogP contribution is 2.21. The van der Waals surface area contributed by atoms with Gasteiger partial charge in [-0.2, -0.15) is 0 Å². The van der Waals surface area contributed by atoms with Crippen molar-refractivity contribution in [1.29, 1.82) is 0 Å². The molecule has 0 saturated carbocycles. The molecule has 1 aromatic heterocycles. The highest BCUT2D eigenvalue weighted by molar-refractivity contribution is 5.72. The highest BCUT2D eigenvalue weighted by atomic mass is 16.5. The molecule has 1 aromatic carbocycles. The van der Waals surface area contributed by atoms with Crippen LogP contribution in [0.3, 0.4) is 0 Å². The van der Waals surface area contributed by atoms with Gasteiger partial charge in [0.15, 0.2) is 0 Å². The van der Waals surface area contributed by atoms with E-state index in [1.54, 1.807) is 19.2 Å². The van der Waals surface area contributed by atoms with Crippen LogP contribution in [0.15, 0.2) is 54.7 Å². The van der Waals surface area contributed by atoms with Crippen molar-refractivity contribution in [3.8, 4) is 17.0 Å². The Hall–Kier alpha value is -2.95. The Bertz CT molecular complexity index is 903. The number of carbonyl (C=O) groups is 2. The summed E-state index contributed by atoms with van der Waals surface area (Å²) in [6.45, 7) is 5.94. The third kappa shape index (κ3) is 11.8. The summed E-state index contributed by atoms with van der Waals surface area (Å²) in [6, 6.07) is 11.9. The zero-order valence-electron chi connectivity index (χ0n) is 21.6. The van der Waals surface area contributed by atoms with Gasteiger partial charge in [-0.05, 0) is 69.6 Å². The number of carbonyl (C=O) groups excluding carboxylic acids is 2. The Balaban J connectivity index is 1.71. The number of esters is 2. The van der Waals surface area contributed by atoms with Crippen LogP contribution in [0.2, 0.25) is 0 Å². The highest BCUT2D eigenvalue weighted by Gasteiger charge is 2.09. The van der Waals surface area contributed by atoms with E-state index in [1.165, 1.54) is 24.8 Å². The number of hydrogen-bond donors (Lipinski definition) is 0. The van der Waals surface area contributed by atoms with Crippen molar-refractivity contribution in [2.75, 3.05) is 0 Å². The molecule has 0 aliphatic carbocycles. The molecule has 0 bridgehead atoms. The minimum atomic E-state index is -0.213. The first-order valence-corrected chi connectivity index (χ1v) is 13.1. The smallest absolute Gasteiger partial charge is 0.311 e. The van der Waals surface area contributed by atoms with E-state index in [2.05, 4.69) is 36.2 Å². The average Bonchev–Trinajstić information content (AvgIpc) is 2.87. The Morgan fingerprint density at radius 3 is 2.26 bits per heavy atom. The summed E-state index contributed by atoms with van der Waals surface area (Å²) in [4.78, 5) is 27.9. The topological polar surface area (TPSA) is 65.5 Å². The van der Waals surface area contributed by atoms with E-state index < -0.39 is 0 Å². The summed E-state index contributed by atoms with van der Waals surface area (Å²) in [5, 5.41) is 0. The van der Waals surface area contributed by atoms with Crippen LogP contribution in [0.1, 0.15) is 90.5 Å². The van der Waals surface area contributed by atoms with E-state index in [0.29, 0.717) is 18.6 Å². The fourth-order valence-electron chi connectivity index (χ4n) is 3.65. The van der Waals surface area contributed by atoms with E-state index in [-0.39, 0.29) is 18.0 Å². The number of unbranched alkanes of at least 4 members (excludes halogenated alkanes) is 5. The molecular weight excluding hydrogens is 438 g/mol. The molecule has 1 heterocycles. The van der Waals surface area contributed by atoms with Gasteiger partial charge < -0.3 is 9.47 Å². The summed E-state index contributed by atoms with van der Waals surface area (Å²) < 4.78 is 10.7. The molecule has 0 aliphatic heterocycles. The Morgan fingerprint density at radius 1 is 0.914 bits per heavy atom. The van der Waals surface area contributed by atoms with Crippen LogP contribution in [0.25, 0.3) is 11.3 Å². The molecule has 0 saturated heterocycles. The van der Waals surface area contributed by atoms with E-state index in [4.69, 9.17) is 9.47 Å². The Labute approximate surface area is 211 Å². The quantitative estimate of drug-likeness (QED) is 0.141. The molecule has 5 nitrogen and oxygen atoms in total. The maximum absolute atomic E-state index is 12.1. The third-order valence-electron chi connectivity index (χ3n) is 5.82. The van der Waals surface area contributed by atoms with Crippen LogP contribution < -0.4 is 4.74 Å². The van der Waals surface area contributed by atoms with Crippen LogP contribution >= 0.6 is 0 Å². The predicted octanol–water partition coefficient (Wildman–Crippen LogP) is 7.63. The number of allylic oxidation sites excluding steroid dienone is 2. The first kappa shape index (κ1) is 28.3. The first-order valence-electron chi connectivity index (χ1n) is 13.1. The zero-order chi connectivity index (χ0) is 25.3. The molecule has 0 aliphatic rings. The van der Waals surface area contributed by atoms with Crippen LogP contribution in [0.5, 0.6) is 5.75 Å². The van der Waals surface area contributed by atoms with Crippen molar-refractivity contribution < 1.29 is 19.1 Å². The number of rotatable bonds is 16. The van der Waals surface area contributed by atoms with Crippen molar-refractivity contribution in [2.24, 2.45) is 0 Å². The van der Waals surface area contributed by atoms with Crippen LogP contribution in [0, 0.1) is 0 Å². The fourth-order valence-corrected chi connectivity index (χ4v) is 3.65. The number of nitrogens with zero attached hydrogens (tertiary/aromatic N) is 1. The minimum Gasteiger partial charge on any atom is -0.463 e. The molecule has 2 rings (SSSR count). The number of ether oxygens (including phenoxy) is 2. The van der Waals surface area contributed by atoms with Crippen LogP contribution in [0.4, 0.5) is 0 Å². The van der Waals surface area contributed by atoms with Gasteiger partial charge >= 0.3 is 11.9 Å². The number of pyridine rings is 1. The summed E-state index contributed by atoms with van der Waals surface area (Å²) in [7, 11) is 0. The molecule has 190 valence electrons. The zero-order valence-corrected chi connectivity index (χ0v) is 21.6. The number of aryl methyl sites for hydroxylation is 1. The molecule has 2 aromatic rings. The molecule has 35 heavy (non-hydrogen) atoms. The van der Waals surface area contributed by atoms with Gasteiger partial charge in [0.1, 0.15) is 5.75 Å². The number of aromatic nitrogens is 1. The van der Waals surface area contributed by atoms with Crippen molar-refractivity contribution in [2.45, 2.75) is 97.5 Å². The second kappa shape index (κ2) is 16.6. The van der Waals surface area contributed by atoms with E-state index in [9.17, 15) is 9.59 Å². The predicted molar refractivity (Wildman–Crippen MR) is 141 cm³/mol. The van der Waals surface area contributed by atoms with Gasteiger partial charge in [0.05, 0.1) is 18.0 Å². The lowest BCUT2D eigenvalue weighted by molar-refractivity contribution is -0.148. The van der Waals surface area contributed by atoms with Crippen molar-refractivity contribution in [3.05, 3.63) is 60.3 Å². The minimum absolute atomic E-state index is 0.0868. The van der Waals surface area contributed by atoms with E-state index in [0.717, 1.165) is 49.8 Å². The monoisotopic (exact) mass is 479 g/mol. The SMILES string of the molecule is CCCCC/C=C/CCCCC(=O)Oc1ccc(-c2ccc(CCC(C)OC(=O)CC)cc2)nc1. The van der Waals surface area contributed by atoms with E-state index in [1.807, 2.05) is 25.1 Å². The molecule has 0 radical (unpaired) electrons. The summed E-state index contributed by atoms with van der Waals surface area (Å²) in [6.07, 6.45) is 16.2. The number of hydrogen-bond acceptors (Lipinski definition) is 5. The van der Waals surface area contributed by atoms with Crippen LogP contribution in [-0.2, 0) is 20.7 Å². The van der Waals surface area contributed by atoms with Crippen molar-refractivity contribution >= 4 is 11.9 Å². The molecule has 0 N–H and O–H groups in total. The molecule has 0 amide bonds. The fraction of sp³-hybridized carbons (Fsp3) is 0.500. The van der Waals surface area contributed by atoms with Crippen LogP contribution in [-0.4, -0.2) is 23.0 Å². The lowest BCUT2D eigenvalue weighted by Crippen LogP contribution is -2.14. The van der Waals surface area contributed by atoms with Crippen molar-refractivity contribution in [1.82, 2.24) is 4.98 Å². The van der Waals surface area contributed by atoms with Crippen molar-refractivity contribution in [3.63, 3.8) is 0 Å². The van der Waals surface area contributed by atoms with E-state index >= 15 is 0 Å². The van der Waals surface area contributed by atoms with Gasteiger partial charge in [0, 0.05) is 18.4 Å². The lowest BCUT2D eigenvalue weighted by atomic mass is 10.0. The lowest BCUT2D eigenvalue weighted by Gasteiger charge is -2.12. The summed E-state index contributed by atoms with van der Waals surface area (Å²) in [5.41, 5.74) is 3.01.